The molecular formula is C18H19BrClN3O2. The third-order valence-electron chi connectivity index (χ3n) is 4.26. The second kappa shape index (κ2) is 8.06. The second-order valence-corrected chi connectivity index (χ2v) is 7.10. The average Bonchev–Trinajstić information content (AvgIpc) is 2.89. The summed E-state index contributed by atoms with van der Waals surface area (Å²) in [5.41, 5.74) is 1.58. The van der Waals surface area contributed by atoms with Crippen LogP contribution in [0.15, 0.2) is 41.0 Å². The molecule has 1 amide bonds. The molecule has 1 aliphatic rings. The van der Waals surface area contributed by atoms with Crippen LogP contribution in [-0.4, -0.2) is 49.1 Å². The number of carbonyl (C=O) groups excluding carboxylic acids is 1. The van der Waals surface area contributed by atoms with Crippen molar-refractivity contribution in [2.24, 2.45) is 0 Å². The number of amides is 1. The van der Waals surface area contributed by atoms with E-state index in [4.69, 9.17) is 16.3 Å². The van der Waals surface area contributed by atoms with Crippen molar-refractivity contribution in [2.75, 3.05) is 38.2 Å². The molecule has 1 fully saturated rings. The van der Waals surface area contributed by atoms with Gasteiger partial charge in [-0.25, -0.2) is 4.98 Å². The lowest BCUT2D eigenvalue weighted by Crippen LogP contribution is -2.35. The fourth-order valence-electron chi connectivity index (χ4n) is 2.91. The van der Waals surface area contributed by atoms with Crippen molar-refractivity contribution in [1.82, 2.24) is 9.88 Å². The van der Waals surface area contributed by atoms with Crippen molar-refractivity contribution in [3.8, 4) is 5.75 Å². The van der Waals surface area contributed by atoms with Gasteiger partial charge in [-0.1, -0.05) is 11.6 Å². The van der Waals surface area contributed by atoms with Crippen molar-refractivity contribution in [3.05, 3.63) is 51.7 Å². The molecule has 0 spiro atoms. The predicted octanol–water partition coefficient (Wildman–Crippen LogP) is 3.86. The topological polar surface area (TPSA) is 45.7 Å². The molecule has 0 bridgehead atoms. The molecular weight excluding hydrogens is 406 g/mol. The highest BCUT2D eigenvalue weighted by atomic mass is 79.9. The van der Waals surface area contributed by atoms with Gasteiger partial charge >= 0.3 is 0 Å². The van der Waals surface area contributed by atoms with Crippen LogP contribution in [-0.2, 0) is 0 Å². The van der Waals surface area contributed by atoms with Gasteiger partial charge in [0.15, 0.2) is 0 Å². The van der Waals surface area contributed by atoms with Gasteiger partial charge in [-0.3, -0.25) is 4.79 Å². The number of benzene rings is 1. The number of pyridine rings is 1. The summed E-state index contributed by atoms with van der Waals surface area (Å²) in [6.07, 6.45) is 2.49. The molecule has 7 heteroatoms. The maximum Gasteiger partial charge on any atom is 0.257 e. The molecule has 0 saturated carbocycles. The molecule has 1 saturated heterocycles. The Morgan fingerprint density at radius 1 is 1.20 bits per heavy atom. The second-order valence-electron chi connectivity index (χ2n) is 5.82. The highest BCUT2D eigenvalue weighted by molar-refractivity contribution is 9.10. The molecule has 0 atom stereocenters. The smallest absolute Gasteiger partial charge is 0.257 e. The molecule has 1 aliphatic heterocycles. The van der Waals surface area contributed by atoms with E-state index in [1.54, 1.807) is 19.4 Å². The minimum Gasteiger partial charge on any atom is -0.497 e. The lowest BCUT2D eigenvalue weighted by atomic mass is 10.2. The minimum absolute atomic E-state index is 0.0737. The number of hydrogen-bond acceptors (Lipinski definition) is 4. The molecule has 0 radical (unpaired) electrons. The van der Waals surface area contributed by atoms with E-state index >= 15 is 0 Å². The van der Waals surface area contributed by atoms with Crippen LogP contribution in [0.3, 0.4) is 0 Å². The maximum absolute atomic E-state index is 12.8. The molecule has 2 heterocycles. The molecule has 1 aromatic carbocycles. The first-order valence-corrected chi connectivity index (χ1v) is 9.25. The highest BCUT2D eigenvalue weighted by Gasteiger charge is 2.23. The Morgan fingerprint density at radius 3 is 2.68 bits per heavy atom. The van der Waals surface area contributed by atoms with Crippen LogP contribution >= 0.6 is 27.5 Å². The van der Waals surface area contributed by atoms with Crippen LogP contribution in [0.5, 0.6) is 5.75 Å². The van der Waals surface area contributed by atoms with Gasteiger partial charge in [0, 0.05) is 42.5 Å². The van der Waals surface area contributed by atoms with E-state index in [0.717, 1.165) is 35.4 Å². The molecule has 3 rings (SSSR count). The zero-order valence-corrected chi connectivity index (χ0v) is 16.3. The van der Waals surface area contributed by atoms with Gasteiger partial charge < -0.3 is 14.5 Å². The molecule has 2 aromatic rings. The van der Waals surface area contributed by atoms with Gasteiger partial charge in [-0.15, -0.1) is 0 Å². The predicted molar refractivity (Wildman–Crippen MR) is 103 cm³/mol. The van der Waals surface area contributed by atoms with E-state index in [0.29, 0.717) is 18.7 Å². The number of nitrogens with zero attached hydrogens (tertiary/aromatic N) is 3. The summed E-state index contributed by atoms with van der Waals surface area (Å²) >= 11 is 9.45. The first-order chi connectivity index (χ1) is 12.1. The Balaban J connectivity index is 1.70. The zero-order valence-electron chi connectivity index (χ0n) is 13.9. The number of ether oxygens (including phenoxy) is 1. The number of aromatic nitrogens is 1. The van der Waals surface area contributed by atoms with E-state index in [-0.39, 0.29) is 11.1 Å². The number of rotatable bonds is 3. The van der Waals surface area contributed by atoms with E-state index in [2.05, 4.69) is 25.8 Å². The van der Waals surface area contributed by atoms with Crippen molar-refractivity contribution >= 4 is 39.1 Å². The third-order valence-corrected chi connectivity index (χ3v) is 4.99. The van der Waals surface area contributed by atoms with Crippen molar-refractivity contribution < 1.29 is 9.53 Å². The number of halogens is 2. The Bertz CT molecular complexity index is 754. The van der Waals surface area contributed by atoms with E-state index in [9.17, 15) is 4.79 Å². The summed E-state index contributed by atoms with van der Waals surface area (Å²) in [6.45, 7) is 3.03. The monoisotopic (exact) mass is 423 g/mol. The Labute approximate surface area is 160 Å². The average molecular weight is 425 g/mol. The van der Waals surface area contributed by atoms with Gasteiger partial charge in [0.1, 0.15) is 10.9 Å². The third kappa shape index (κ3) is 4.25. The van der Waals surface area contributed by atoms with Gasteiger partial charge in [0.2, 0.25) is 0 Å². The first-order valence-electron chi connectivity index (χ1n) is 8.08. The minimum atomic E-state index is -0.0737. The molecule has 1 aromatic heterocycles. The van der Waals surface area contributed by atoms with Gasteiger partial charge in [-0.05, 0) is 52.7 Å². The van der Waals surface area contributed by atoms with Gasteiger partial charge in [0.05, 0.1) is 12.7 Å². The lowest BCUT2D eigenvalue weighted by molar-refractivity contribution is 0.0766. The summed E-state index contributed by atoms with van der Waals surface area (Å²) in [6, 6.07) is 9.73. The summed E-state index contributed by atoms with van der Waals surface area (Å²) in [5, 5.41) is 0.240. The normalized spacial score (nSPS) is 15.0. The molecule has 5 nitrogen and oxygen atoms in total. The molecule has 132 valence electrons. The van der Waals surface area contributed by atoms with Crippen molar-refractivity contribution in [2.45, 2.75) is 6.42 Å². The number of methoxy groups -OCH3 is 1. The first kappa shape index (κ1) is 18.0. The number of hydrogen-bond donors (Lipinski definition) is 0. The standard InChI is InChI=1S/C18H19BrClN3O2/c1-25-15-5-3-14(4-6-15)22-7-2-8-23(10-9-22)18(24)16-11-13(19)12-21-17(16)20/h3-6,11-12H,2,7-10H2,1H3. The number of anilines is 1. The molecule has 25 heavy (non-hydrogen) atoms. The van der Waals surface area contributed by atoms with Crippen LogP contribution in [0.1, 0.15) is 16.8 Å². The van der Waals surface area contributed by atoms with Gasteiger partial charge in [0.25, 0.3) is 5.91 Å². The zero-order chi connectivity index (χ0) is 17.8. The van der Waals surface area contributed by atoms with Crippen LogP contribution in [0, 0.1) is 0 Å². The van der Waals surface area contributed by atoms with Gasteiger partial charge in [-0.2, -0.15) is 0 Å². The maximum atomic E-state index is 12.8. The molecule has 0 aliphatic carbocycles. The summed E-state index contributed by atoms with van der Waals surface area (Å²) < 4.78 is 5.95. The summed E-state index contributed by atoms with van der Waals surface area (Å²) in [5.74, 6) is 0.766. The fraction of sp³-hybridized carbons (Fsp3) is 0.333. The summed E-state index contributed by atoms with van der Waals surface area (Å²) in [7, 11) is 1.66. The van der Waals surface area contributed by atoms with E-state index in [1.165, 1.54) is 0 Å². The lowest BCUT2D eigenvalue weighted by Gasteiger charge is -2.24. The van der Waals surface area contributed by atoms with E-state index < -0.39 is 0 Å². The molecule has 0 unspecified atom stereocenters. The largest absolute Gasteiger partial charge is 0.497 e. The highest BCUT2D eigenvalue weighted by Crippen LogP contribution is 2.23. The van der Waals surface area contributed by atoms with Crippen LogP contribution < -0.4 is 9.64 Å². The fourth-order valence-corrected chi connectivity index (χ4v) is 3.43. The Hall–Kier alpha value is -1.79. The quantitative estimate of drug-likeness (QED) is 0.702. The van der Waals surface area contributed by atoms with Crippen molar-refractivity contribution in [3.63, 3.8) is 0 Å². The van der Waals surface area contributed by atoms with Crippen LogP contribution in [0.25, 0.3) is 0 Å². The van der Waals surface area contributed by atoms with Crippen molar-refractivity contribution in [1.29, 1.82) is 0 Å². The molecule has 0 N–H and O–H groups in total. The summed E-state index contributed by atoms with van der Waals surface area (Å²) in [4.78, 5) is 21.0. The SMILES string of the molecule is COc1ccc(N2CCCN(C(=O)c3cc(Br)cnc3Cl)CC2)cc1. The van der Waals surface area contributed by atoms with E-state index in [1.807, 2.05) is 29.2 Å². The van der Waals surface area contributed by atoms with Crippen LogP contribution in [0.2, 0.25) is 5.15 Å². The van der Waals surface area contributed by atoms with Crippen LogP contribution in [0.4, 0.5) is 5.69 Å². The number of carbonyl (C=O) groups is 1. The Morgan fingerprint density at radius 2 is 1.96 bits per heavy atom. The Kier molecular flexibility index (Phi) is 5.81.